The third kappa shape index (κ3) is 3.96. The molecule has 4 rings (SSSR count). The summed E-state index contributed by atoms with van der Waals surface area (Å²) in [5.41, 5.74) is 0.812. The number of aromatic amines is 1. The number of rotatable bonds is 4. The van der Waals surface area contributed by atoms with Crippen molar-refractivity contribution in [2.24, 2.45) is 0 Å². The molecular formula is C19H19N5O2S. The van der Waals surface area contributed by atoms with Gasteiger partial charge in [-0.2, -0.15) is 0 Å². The summed E-state index contributed by atoms with van der Waals surface area (Å²) in [7, 11) is 0. The Morgan fingerprint density at radius 1 is 1.15 bits per heavy atom. The van der Waals surface area contributed by atoms with Gasteiger partial charge in [-0.25, -0.2) is 4.98 Å². The Hall–Kier alpha value is -2.84. The van der Waals surface area contributed by atoms with Gasteiger partial charge in [-0.3, -0.25) is 19.9 Å². The van der Waals surface area contributed by atoms with Gasteiger partial charge in [0.1, 0.15) is 5.56 Å². The summed E-state index contributed by atoms with van der Waals surface area (Å²) in [5, 5.41) is 6.59. The maximum Gasteiger partial charge on any atom is 0.263 e. The van der Waals surface area contributed by atoms with Gasteiger partial charge in [-0.1, -0.05) is 6.07 Å². The van der Waals surface area contributed by atoms with Crippen molar-refractivity contribution in [3.8, 4) is 11.4 Å². The number of amides is 1. The topological polar surface area (TPSA) is 99.8 Å². The first kappa shape index (κ1) is 17.6. The van der Waals surface area contributed by atoms with E-state index < -0.39 is 11.5 Å². The average molecular weight is 381 g/mol. The van der Waals surface area contributed by atoms with Crippen LogP contribution in [0.2, 0.25) is 0 Å². The van der Waals surface area contributed by atoms with E-state index in [1.807, 2.05) is 12.3 Å². The zero-order valence-corrected chi connectivity index (χ0v) is 15.4. The smallest absolute Gasteiger partial charge is 0.263 e. The number of thiazole rings is 1. The second-order valence-electron chi connectivity index (χ2n) is 6.38. The number of anilines is 1. The molecule has 0 radical (unpaired) electrons. The minimum Gasteiger partial charge on any atom is -0.320 e. The molecule has 0 bridgehead atoms. The van der Waals surface area contributed by atoms with E-state index in [4.69, 9.17) is 0 Å². The summed E-state index contributed by atoms with van der Waals surface area (Å²) in [6, 6.07) is 8.63. The van der Waals surface area contributed by atoms with Crippen molar-refractivity contribution in [1.29, 1.82) is 0 Å². The van der Waals surface area contributed by atoms with Gasteiger partial charge in [0, 0.05) is 17.3 Å². The van der Waals surface area contributed by atoms with Crippen molar-refractivity contribution in [1.82, 2.24) is 20.3 Å². The molecular weight excluding hydrogens is 362 g/mol. The summed E-state index contributed by atoms with van der Waals surface area (Å²) >= 11 is 1.48. The number of nitrogens with one attached hydrogen (secondary N) is 3. The molecule has 3 aromatic heterocycles. The normalized spacial score (nSPS) is 14.8. The number of pyridine rings is 2. The highest BCUT2D eigenvalue weighted by Gasteiger charge is 2.19. The highest BCUT2D eigenvalue weighted by molar-refractivity contribution is 7.15. The fourth-order valence-corrected chi connectivity index (χ4v) is 4.11. The van der Waals surface area contributed by atoms with Gasteiger partial charge in [0.2, 0.25) is 0 Å². The summed E-state index contributed by atoms with van der Waals surface area (Å²) in [6.45, 7) is 2.00. The number of aromatic nitrogens is 3. The van der Waals surface area contributed by atoms with E-state index in [1.54, 1.807) is 24.4 Å². The van der Waals surface area contributed by atoms with Crippen molar-refractivity contribution < 1.29 is 4.79 Å². The van der Waals surface area contributed by atoms with Crippen molar-refractivity contribution in [3.05, 3.63) is 63.5 Å². The molecule has 138 valence electrons. The number of carbonyl (C=O) groups excluding carboxylic acids is 1. The minimum atomic E-state index is -0.463. The van der Waals surface area contributed by atoms with Crippen LogP contribution in [0.3, 0.4) is 0 Å². The number of nitrogens with zero attached hydrogens (tertiary/aromatic N) is 2. The molecule has 27 heavy (non-hydrogen) atoms. The fourth-order valence-electron chi connectivity index (χ4n) is 3.13. The van der Waals surface area contributed by atoms with Crippen molar-refractivity contribution >= 4 is 22.4 Å². The largest absolute Gasteiger partial charge is 0.320 e. The SMILES string of the molecule is O=C(Nc1ncc(C2CCNCC2)s1)c1ccc(-c2ccccn2)[nH]c1=O. The Balaban J connectivity index is 1.48. The fraction of sp³-hybridized carbons (Fsp3) is 0.263. The predicted octanol–water partition coefficient (Wildman–Crippen LogP) is 2.61. The van der Waals surface area contributed by atoms with Gasteiger partial charge in [0.25, 0.3) is 11.5 Å². The molecule has 1 saturated heterocycles. The number of H-pyrrole nitrogens is 1. The Morgan fingerprint density at radius 2 is 2.00 bits per heavy atom. The quantitative estimate of drug-likeness (QED) is 0.645. The Kier molecular flexibility index (Phi) is 5.08. The molecule has 1 amide bonds. The average Bonchev–Trinajstić information content (AvgIpc) is 3.17. The third-order valence-corrected chi connectivity index (χ3v) is 5.66. The van der Waals surface area contributed by atoms with Crippen molar-refractivity contribution in [3.63, 3.8) is 0 Å². The maximum atomic E-state index is 12.5. The van der Waals surface area contributed by atoms with Gasteiger partial charge >= 0.3 is 0 Å². The van der Waals surface area contributed by atoms with Crippen LogP contribution in [0.25, 0.3) is 11.4 Å². The lowest BCUT2D eigenvalue weighted by Gasteiger charge is -2.20. The van der Waals surface area contributed by atoms with E-state index >= 15 is 0 Å². The van der Waals surface area contributed by atoms with E-state index in [1.165, 1.54) is 22.3 Å². The summed E-state index contributed by atoms with van der Waals surface area (Å²) in [5.74, 6) is 0.0190. The number of hydrogen-bond acceptors (Lipinski definition) is 6. The molecule has 0 aliphatic carbocycles. The lowest BCUT2D eigenvalue weighted by atomic mass is 9.97. The van der Waals surface area contributed by atoms with Crippen LogP contribution in [0.1, 0.15) is 34.0 Å². The van der Waals surface area contributed by atoms with Crippen molar-refractivity contribution in [2.75, 3.05) is 18.4 Å². The lowest BCUT2D eigenvalue weighted by molar-refractivity contribution is 0.102. The number of carbonyl (C=O) groups is 1. The van der Waals surface area contributed by atoms with Crippen LogP contribution in [-0.4, -0.2) is 33.9 Å². The molecule has 7 nitrogen and oxygen atoms in total. The monoisotopic (exact) mass is 381 g/mol. The van der Waals surface area contributed by atoms with E-state index in [2.05, 4.69) is 25.6 Å². The lowest BCUT2D eigenvalue weighted by Crippen LogP contribution is -2.26. The summed E-state index contributed by atoms with van der Waals surface area (Å²) in [4.78, 5) is 37.2. The molecule has 0 atom stereocenters. The molecule has 8 heteroatoms. The van der Waals surface area contributed by atoms with Crippen LogP contribution in [-0.2, 0) is 0 Å². The van der Waals surface area contributed by atoms with Gasteiger partial charge in [-0.05, 0) is 56.1 Å². The first-order valence-corrected chi connectivity index (χ1v) is 9.65. The molecule has 4 heterocycles. The van der Waals surface area contributed by atoms with Gasteiger partial charge in [-0.15, -0.1) is 11.3 Å². The Morgan fingerprint density at radius 3 is 2.74 bits per heavy atom. The van der Waals surface area contributed by atoms with Gasteiger partial charge < -0.3 is 10.3 Å². The highest BCUT2D eigenvalue weighted by Crippen LogP contribution is 2.31. The summed E-state index contributed by atoms with van der Waals surface area (Å²) in [6.07, 6.45) is 5.62. The van der Waals surface area contributed by atoms with Crippen LogP contribution in [0.4, 0.5) is 5.13 Å². The van der Waals surface area contributed by atoms with E-state index in [-0.39, 0.29) is 5.56 Å². The summed E-state index contributed by atoms with van der Waals surface area (Å²) < 4.78 is 0. The molecule has 1 aliphatic rings. The van der Waals surface area contributed by atoms with E-state index in [0.717, 1.165) is 25.9 Å². The molecule has 3 aromatic rings. The zero-order valence-electron chi connectivity index (χ0n) is 14.6. The van der Waals surface area contributed by atoms with Gasteiger partial charge in [0.15, 0.2) is 5.13 Å². The Labute approximate surface area is 159 Å². The predicted molar refractivity (Wildman–Crippen MR) is 105 cm³/mol. The second-order valence-corrected chi connectivity index (χ2v) is 7.44. The van der Waals surface area contributed by atoms with Crippen LogP contribution in [0, 0.1) is 0 Å². The molecule has 0 spiro atoms. The highest BCUT2D eigenvalue weighted by atomic mass is 32.1. The first-order chi connectivity index (χ1) is 13.2. The minimum absolute atomic E-state index is 0.0493. The van der Waals surface area contributed by atoms with Crippen LogP contribution in [0.5, 0.6) is 0 Å². The molecule has 0 unspecified atom stereocenters. The first-order valence-electron chi connectivity index (χ1n) is 8.83. The molecule has 3 N–H and O–H groups in total. The number of piperidine rings is 1. The van der Waals surface area contributed by atoms with Crippen LogP contribution < -0.4 is 16.2 Å². The second kappa shape index (κ2) is 7.81. The molecule has 1 fully saturated rings. The molecule has 0 aromatic carbocycles. The number of hydrogen-bond donors (Lipinski definition) is 3. The standard InChI is InChI=1S/C19H19N5O2S/c25-17-13(4-5-15(23-17)14-3-1-2-8-21-14)18(26)24-19-22-11-16(27-19)12-6-9-20-10-7-12/h1-5,8,11-12,20H,6-7,9-10H2,(H,23,25)(H,22,24,26). The molecule has 1 aliphatic heterocycles. The molecule has 0 saturated carbocycles. The van der Waals surface area contributed by atoms with E-state index in [0.29, 0.717) is 22.4 Å². The van der Waals surface area contributed by atoms with Crippen LogP contribution in [0.15, 0.2) is 47.5 Å². The van der Waals surface area contributed by atoms with E-state index in [9.17, 15) is 9.59 Å². The third-order valence-electron chi connectivity index (χ3n) is 4.58. The Bertz CT molecular complexity index is 993. The van der Waals surface area contributed by atoms with Gasteiger partial charge in [0.05, 0.1) is 11.4 Å². The van der Waals surface area contributed by atoms with Crippen molar-refractivity contribution in [2.45, 2.75) is 18.8 Å². The maximum absolute atomic E-state index is 12.5. The zero-order chi connectivity index (χ0) is 18.6. The van der Waals surface area contributed by atoms with Crippen LogP contribution >= 0.6 is 11.3 Å².